The third kappa shape index (κ3) is 1.58. The van der Waals surface area contributed by atoms with Crippen molar-refractivity contribution < 1.29 is 9.53 Å². The maximum Gasteiger partial charge on any atom is 0.378 e. The normalized spacial score (nSPS) is 10.9. The summed E-state index contributed by atoms with van der Waals surface area (Å²) in [4.78, 5) is 20.0. The summed E-state index contributed by atoms with van der Waals surface area (Å²) < 4.78 is 6.35. The molecule has 0 amide bonds. The van der Waals surface area contributed by atoms with Gasteiger partial charge >= 0.3 is 5.97 Å². The summed E-state index contributed by atoms with van der Waals surface area (Å²) >= 11 is 0. The summed E-state index contributed by atoms with van der Waals surface area (Å²) in [7, 11) is 0. The molecule has 1 aromatic carbocycles. The predicted octanol–water partition coefficient (Wildman–Crippen LogP) is 1.45. The Bertz CT molecular complexity index is 735. The first-order valence-electron chi connectivity index (χ1n) is 5.57. The molecule has 0 saturated carbocycles. The van der Waals surface area contributed by atoms with Crippen LogP contribution in [0.5, 0.6) is 0 Å². The minimum atomic E-state index is -0.523. The third-order valence-electron chi connectivity index (χ3n) is 2.54. The van der Waals surface area contributed by atoms with Gasteiger partial charge in [-0.2, -0.15) is 0 Å². The predicted molar refractivity (Wildman–Crippen MR) is 64.2 cm³/mol. The van der Waals surface area contributed by atoms with Crippen LogP contribution in [0.25, 0.3) is 16.6 Å². The number of esters is 1. The van der Waals surface area contributed by atoms with E-state index >= 15 is 0 Å². The molecule has 3 aromatic rings. The average Bonchev–Trinajstić information content (AvgIpc) is 2.83. The maximum absolute atomic E-state index is 11.6. The van der Waals surface area contributed by atoms with Gasteiger partial charge in [-0.25, -0.2) is 19.3 Å². The van der Waals surface area contributed by atoms with Gasteiger partial charge in [-0.3, -0.25) is 0 Å². The second-order valence-electron chi connectivity index (χ2n) is 3.69. The molecule has 0 aliphatic carbocycles. The minimum absolute atomic E-state index is 0.0509. The first-order chi connectivity index (χ1) is 8.79. The number of rotatable bonds is 2. The van der Waals surface area contributed by atoms with E-state index in [0.29, 0.717) is 12.3 Å². The lowest BCUT2D eigenvalue weighted by atomic mass is 10.2. The highest BCUT2D eigenvalue weighted by atomic mass is 16.5. The molecule has 2 heterocycles. The molecule has 3 rings (SSSR count). The van der Waals surface area contributed by atoms with Gasteiger partial charge in [0.2, 0.25) is 0 Å². The van der Waals surface area contributed by atoms with Crippen molar-refractivity contribution in [3.8, 4) is 0 Å². The molecule has 18 heavy (non-hydrogen) atoms. The molecular weight excluding hydrogens is 232 g/mol. The summed E-state index contributed by atoms with van der Waals surface area (Å²) in [5.74, 6) is -0.472. The van der Waals surface area contributed by atoms with Crippen molar-refractivity contribution in [2.45, 2.75) is 6.92 Å². The lowest BCUT2D eigenvalue weighted by Gasteiger charge is -1.96. The Morgan fingerprint density at radius 1 is 1.39 bits per heavy atom. The van der Waals surface area contributed by atoms with E-state index in [1.54, 1.807) is 6.92 Å². The molecular formula is C12H10N4O2. The maximum atomic E-state index is 11.6. The molecule has 90 valence electrons. The Balaban J connectivity index is 2.22. The summed E-state index contributed by atoms with van der Waals surface area (Å²) in [6.45, 7) is 2.04. The van der Waals surface area contributed by atoms with Gasteiger partial charge in [0.05, 0.1) is 12.1 Å². The highest BCUT2D eigenvalue weighted by Crippen LogP contribution is 2.15. The van der Waals surface area contributed by atoms with E-state index in [0.717, 1.165) is 10.9 Å². The van der Waals surface area contributed by atoms with Gasteiger partial charge in [-0.05, 0) is 19.1 Å². The SMILES string of the molecule is CCOC(=O)c1nc2c3ccccc3ncn2n1. The summed E-state index contributed by atoms with van der Waals surface area (Å²) in [5.41, 5.74) is 1.41. The van der Waals surface area contributed by atoms with Crippen molar-refractivity contribution in [3.05, 3.63) is 36.4 Å². The molecule has 0 saturated heterocycles. The van der Waals surface area contributed by atoms with Crippen LogP contribution >= 0.6 is 0 Å². The first-order valence-corrected chi connectivity index (χ1v) is 5.57. The molecule has 6 nitrogen and oxygen atoms in total. The number of hydrogen-bond donors (Lipinski definition) is 0. The zero-order chi connectivity index (χ0) is 12.5. The average molecular weight is 242 g/mol. The van der Waals surface area contributed by atoms with E-state index in [9.17, 15) is 4.79 Å². The highest BCUT2D eigenvalue weighted by molar-refractivity contribution is 5.93. The van der Waals surface area contributed by atoms with Crippen molar-refractivity contribution in [2.24, 2.45) is 0 Å². The van der Waals surface area contributed by atoms with Gasteiger partial charge in [0.15, 0.2) is 5.65 Å². The van der Waals surface area contributed by atoms with Crippen molar-refractivity contribution in [3.63, 3.8) is 0 Å². The van der Waals surface area contributed by atoms with Gasteiger partial charge in [0.1, 0.15) is 6.33 Å². The quantitative estimate of drug-likeness (QED) is 0.636. The molecule has 0 N–H and O–H groups in total. The number of aromatic nitrogens is 4. The van der Waals surface area contributed by atoms with Crippen molar-refractivity contribution in [2.75, 3.05) is 6.61 Å². The Morgan fingerprint density at radius 3 is 3.06 bits per heavy atom. The van der Waals surface area contributed by atoms with Crippen molar-refractivity contribution >= 4 is 22.5 Å². The molecule has 0 aliphatic rings. The van der Waals surface area contributed by atoms with Gasteiger partial charge in [-0.15, -0.1) is 5.10 Å². The van der Waals surface area contributed by atoms with Crippen LogP contribution in [0.1, 0.15) is 17.5 Å². The van der Waals surface area contributed by atoms with Gasteiger partial charge < -0.3 is 4.74 Å². The van der Waals surface area contributed by atoms with E-state index in [1.165, 1.54) is 10.8 Å². The Labute approximate surface area is 102 Å². The van der Waals surface area contributed by atoms with Crippen LogP contribution in [0.4, 0.5) is 0 Å². The molecule has 0 fully saturated rings. The highest BCUT2D eigenvalue weighted by Gasteiger charge is 2.15. The Kier molecular flexibility index (Phi) is 2.40. The van der Waals surface area contributed by atoms with E-state index in [1.807, 2.05) is 24.3 Å². The lowest BCUT2D eigenvalue weighted by molar-refractivity contribution is 0.0512. The number of nitrogens with zero attached hydrogens (tertiary/aromatic N) is 4. The Hall–Kier alpha value is -2.50. The first kappa shape index (κ1) is 10.6. The molecule has 2 aromatic heterocycles. The van der Waals surface area contributed by atoms with Crippen molar-refractivity contribution in [1.82, 2.24) is 19.6 Å². The molecule has 0 radical (unpaired) electrons. The number of ether oxygens (including phenoxy) is 1. The number of para-hydroxylation sites is 1. The largest absolute Gasteiger partial charge is 0.460 e. The Morgan fingerprint density at radius 2 is 2.22 bits per heavy atom. The van der Waals surface area contributed by atoms with Crippen LogP contribution in [0.15, 0.2) is 30.6 Å². The van der Waals surface area contributed by atoms with Crippen LogP contribution in [0.2, 0.25) is 0 Å². The fourth-order valence-electron chi connectivity index (χ4n) is 1.76. The molecule has 0 atom stereocenters. The zero-order valence-electron chi connectivity index (χ0n) is 9.70. The molecule has 6 heteroatoms. The van der Waals surface area contributed by atoms with Gasteiger partial charge in [-0.1, -0.05) is 12.1 Å². The number of carbonyl (C=O) groups is 1. The summed E-state index contributed by atoms with van der Waals surface area (Å²) in [5, 5.41) is 4.90. The third-order valence-corrected chi connectivity index (χ3v) is 2.54. The topological polar surface area (TPSA) is 69.4 Å². The standard InChI is InChI=1S/C12H10N4O2/c1-2-18-12(17)10-14-11-8-5-3-4-6-9(8)13-7-16(11)15-10/h3-7H,2H2,1H3. The van der Waals surface area contributed by atoms with Crippen LogP contribution in [-0.4, -0.2) is 32.2 Å². The van der Waals surface area contributed by atoms with Gasteiger partial charge in [0, 0.05) is 5.39 Å². The number of hydrogen-bond acceptors (Lipinski definition) is 5. The van der Waals surface area contributed by atoms with Crippen LogP contribution in [-0.2, 0) is 4.74 Å². The molecule has 0 bridgehead atoms. The monoisotopic (exact) mass is 242 g/mol. The molecule has 0 aliphatic heterocycles. The van der Waals surface area contributed by atoms with E-state index in [4.69, 9.17) is 4.74 Å². The summed E-state index contributed by atoms with van der Waals surface area (Å²) in [6.07, 6.45) is 1.54. The fourth-order valence-corrected chi connectivity index (χ4v) is 1.76. The van der Waals surface area contributed by atoms with E-state index < -0.39 is 5.97 Å². The van der Waals surface area contributed by atoms with Crippen LogP contribution in [0.3, 0.4) is 0 Å². The minimum Gasteiger partial charge on any atom is -0.460 e. The fraction of sp³-hybridized carbons (Fsp3) is 0.167. The van der Waals surface area contributed by atoms with Crippen molar-refractivity contribution in [1.29, 1.82) is 0 Å². The van der Waals surface area contributed by atoms with E-state index in [2.05, 4.69) is 15.1 Å². The lowest BCUT2D eigenvalue weighted by Crippen LogP contribution is -2.06. The molecule has 0 unspecified atom stereocenters. The van der Waals surface area contributed by atoms with Gasteiger partial charge in [0.25, 0.3) is 5.82 Å². The zero-order valence-corrected chi connectivity index (χ0v) is 9.70. The number of benzene rings is 1. The van der Waals surface area contributed by atoms with E-state index in [-0.39, 0.29) is 5.82 Å². The summed E-state index contributed by atoms with van der Waals surface area (Å²) in [6, 6.07) is 7.56. The second-order valence-corrected chi connectivity index (χ2v) is 3.69. The number of carbonyl (C=O) groups excluding carboxylic acids is 1. The number of fused-ring (bicyclic) bond motifs is 3. The van der Waals surface area contributed by atoms with Crippen LogP contribution < -0.4 is 0 Å². The smallest absolute Gasteiger partial charge is 0.378 e. The van der Waals surface area contributed by atoms with Crippen LogP contribution in [0, 0.1) is 0 Å². The second kappa shape index (κ2) is 4.06. The molecule has 0 spiro atoms.